The number of ether oxygens (including phenoxy) is 3. The van der Waals surface area contributed by atoms with Crippen LogP contribution in [0.25, 0.3) is 0 Å². The summed E-state index contributed by atoms with van der Waals surface area (Å²) in [5.74, 6) is 2.93. The number of hydrogen-bond donors (Lipinski definition) is 2. The Morgan fingerprint density at radius 1 is 1.13 bits per heavy atom. The summed E-state index contributed by atoms with van der Waals surface area (Å²) in [7, 11) is 3.46. The number of halogens is 1. The van der Waals surface area contributed by atoms with Crippen molar-refractivity contribution in [2.45, 2.75) is 32.2 Å². The molecule has 0 atom stereocenters. The molecule has 1 aromatic carbocycles. The van der Waals surface area contributed by atoms with E-state index in [2.05, 4.69) is 15.6 Å². The number of hydrogen-bond acceptors (Lipinski definition) is 6. The summed E-state index contributed by atoms with van der Waals surface area (Å²) in [5.41, 5.74) is 0.946. The molecule has 0 spiro atoms. The molecule has 1 aliphatic rings. The van der Waals surface area contributed by atoms with Gasteiger partial charge in [0.2, 0.25) is 10.0 Å². The highest BCUT2D eigenvalue weighted by atomic mass is 127. The molecule has 1 aliphatic heterocycles. The number of methoxy groups -OCH3 is 3. The van der Waals surface area contributed by atoms with E-state index in [1.807, 2.05) is 12.1 Å². The third kappa shape index (κ3) is 7.56. The van der Waals surface area contributed by atoms with Crippen LogP contribution in [-0.4, -0.2) is 78.5 Å². The van der Waals surface area contributed by atoms with E-state index in [9.17, 15) is 8.42 Å². The fraction of sp³-hybridized carbons (Fsp3) is 0.650. The van der Waals surface area contributed by atoms with Gasteiger partial charge in [-0.2, -0.15) is 0 Å². The summed E-state index contributed by atoms with van der Waals surface area (Å²) in [6.07, 6.45) is 2.17. The number of rotatable bonds is 9. The number of nitrogens with one attached hydrogen (secondary N) is 2. The van der Waals surface area contributed by atoms with E-state index in [0.717, 1.165) is 18.4 Å². The summed E-state index contributed by atoms with van der Waals surface area (Å²) in [6, 6.07) is 3.86. The van der Waals surface area contributed by atoms with E-state index in [1.54, 1.807) is 39.6 Å². The maximum Gasteiger partial charge on any atom is 0.213 e. The lowest BCUT2D eigenvalue weighted by molar-refractivity contribution is 0.306. The van der Waals surface area contributed by atoms with E-state index in [0.29, 0.717) is 49.3 Å². The van der Waals surface area contributed by atoms with E-state index >= 15 is 0 Å². The predicted molar refractivity (Wildman–Crippen MR) is 134 cm³/mol. The maximum atomic E-state index is 12.0. The van der Waals surface area contributed by atoms with Gasteiger partial charge < -0.3 is 24.8 Å². The molecule has 1 heterocycles. The molecular weight excluding hydrogens is 535 g/mol. The minimum absolute atomic E-state index is 0. The van der Waals surface area contributed by atoms with Crippen molar-refractivity contribution in [1.82, 2.24) is 14.9 Å². The third-order valence-corrected chi connectivity index (χ3v) is 7.14. The van der Waals surface area contributed by atoms with Crippen LogP contribution in [0, 0.1) is 0 Å². The standard InChI is InChI=1S/C20H34N4O5S.HI/c1-6-30(25,26)24-11-8-15(9-12-24)23-20(21-2)22-10-7-17-18(28-4)13-16(27-3)14-19(17)29-5;/h13-15H,6-12H2,1-5H3,(H2,21,22,23);1H. The molecule has 0 radical (unpaired) electrons. The fourth-order valence-corrected chi connectivity index (χ4v) is 4.61. The second kappa shape index (κ2) is 13.2. The van der Waals surface area contributed by atoms with Crippen molar-refractivity contribution >= 4 is 40.0 Å². The Labute approximate surface area is 203 Å². The first kappa shape index (κ1) is 27.6. The molecule has 178 valence electrons. The fourth-order valence-electron chi connectivity index (χ4n) is 3.48. The number of aliphatic imine (C=N–C) groups is 1. The van der Waals surface area contributed by atoms with Gasteiger partial charge in [0.25, 0.3) is 0 Å². The smallest absolute Gasteiger partial charge is 0.213 e. The van der Waals surface area contributed by atoms with Crippen molar-refractivity contribution in [3.63, 3.8) is 0 Å². The largest absolute Gasteiger partial charge is 0.496 e. The molecule has 0 aliphatic carbocycles. The van der Waals surface area contributed by atoms with Crippen LogP contribution in [0.5, 0.6) is 17.2 Å². The quantitative estimate of drug-likeness (QED) is 0.266. The first-order valence-corrected chi connectivity index (χ1v) is 11.7. The highest BCUT2D eigenvalue weighted by Crippen LogP contribution is 2.34. The molecule has 1 saturated heterocycles. The Morgan fingerprint density at radius 2 is 1.71 bits per heavy atom. The first-order valence-electron chi connectivity index (χ1n) is 10.1. The van der Waals surface area contributed by atoms with Gasteiger partial charge in [0, 0.05) is 50.4 Å². The highest BCUT2D eigenvalue weighted by molar-refractivity contribution is 14.0. The minimum atomic E-state index is -3.11. The van der Waals surface area contributed by atoms with Gasteiger partial charge in [0.1, 0.15) is 17.2 Å². The van der Waals surface area contributed by atoms with E-state index < -0.39 is 10.0 Å². The van der Waals surface area contributed by atoms with Gasteiger partial charge in [-0.05, 0) is 26.2 Å². The highest BCUT2D eigenvalue weighted by Gasteiger charge is 2.27. The molecule has 2 N–H and O–H groups in total. The van der Waals surface area contributed by atoms with Crippen LogP contribution >= 0.6 is 24.0 Å². The van der Waals surface area contributed by atoms with Crippen LogP contribution in [0.3, 0.4) is 0 Å². The molecule has 9 nitrogen and oxygen atoms in total. The van der Waals surface area contributed by atoms with Gasteiger partial charge in [-0.1, -0.05) is 0 Å². The third-order valence-electron chi connectivity index (χ3n) is 5.26. The van der Waals surface area contributed by atoms with Gasteiger partial charge in [0.15, 0.2) is 5.96 Å². The van der Waals surface area contributed by atoms with E-state index in [-0.39, 0.29) is 35.8 Å². The van der Waals surface area contributed by atoms with Gasteiger partial charge in [-0.25, -0.2) is 12.7 Å². The lowest BCUT2D eigenvalue weighted by Crippen LogP contribution is -2.50. The summed E-state index contributed by atoms with van der Waals surface area (Å²) in [4.78, 5) is 4.29. The molecule has 0 saturated carbocycles. The molecule has 2 rings (SSSR count). The minimum Gasteiger partial charge on any atom is -0.496 e. The van der Waals surface area contributed by atoms with Crippen LogP contribution in [0.15, 0.2) is 17.1 Å². The number of benzene rings is 1. The summed E-state index contributed by atoms with van der Waals surface area (Å²) < 4.78 is 41.9. The Hall–Kier alpha value is -1.47. The van der Waals surface area contributed by atoms with Crippen molar-refractivity contribution in [3.05, 3.63) is 17.7 Å². The average Bonchev–Trinajstić information content (AvgIpc) is 2.78. The summed E-state index contributed by atoms with van der Waals surface area (Å²) in [5, 5.41) is 6.71. The molecule has 0 bridgehead atoms. The van der Waals surface area contributed by atoms with Crippen LogP contribution in [-0.2, 0) is 16.4 Å². The van der Waals surface area contributed by atoms with Gasteiger partial charge in [-0.15, -0.1) is 24.0 Å². The van der Waals surface area contributed by atoms with Crippen LogP contribution in [0.1, 0.15) is 25.3 Å². The van der Waals surface area contributed by atoms with Gasteiger partial charge in [0.05, 0.1) is 27.1 Å². The zero-order valence-electron chi connectivity index (χ0n) is 18.9. The Bertz CT molecular complexity index is 802. The lowest BCUT2D eigenvalue weighted by atomic mass is 10.1. The molecular formula is C20H35IN4O5S. The van der Waals surface area contributed by atoms with Crippen molar-refractivity contribution in [2.24, 2.45) is 4.99 Å². The van der Waals surface area contributed by atoms with Crippen molar-refractivity contribution in [1.29, 1.82) is 0 Å². The molecule has 1 aromatic rings. The molecule has 0 unspecified atom stereocenters. The van der Waals surface area contributed by atoms with Crippen molar-refractivity contribution in [3.8, 4) is 17.2 Å². The zero-order valence-corrected chi connectivity index (χ0v) is 22.1. The number of sulfonamides is 1. The lowest BCUT2D eigenvalue weighted by Gasteiger charge is -2.32. The molecule has 0 aromatic heterocycles. The number of piperidine rings is 1. The SMILES string of the molecule is CCS(=O)(=O)N1CCC(NC(=NC)NCCc2c(OC)cc(OC)cc2OC)CC1.I. The predicted octanol–water partition coefficient (Wildman–Crippen LogP) is 1.85. The van der Waals surface area contributed by atoms with E-state index in [1.165, 1.54) is 0 Å². The molecule has 11 heteroatoms. The van der Waals surface area contributed by atoms with E-state index in [4.69, 9.17) is 14.2 Å². The number of nitrogens with zero attached hydrogens (tertiary/aromatic N) is 2. The maximum absolute atomic E-state index is 12.0. The molecule has 0 amide bonds. The Kier molecular flexibility index (Phi) is 11.7. The second-order valence-electron chi connectivity index (χ2n) is 6.98. The Morgan fingerprint density at radius 3 is 2.16 bits per heavy atom. The van der Waals surface area contributed by atoms with Crippen molar-refractivity contribution < 1.29 is 22.6 Å². The van der Waals surface area contributed by atoms with Gasteiger partial charge >= 0.3 is 0 Å². The van der Waals surface area contributed by atoms with Gasteiger partial charge in [-0.3, -0.25) is 4.99 Å². The normalized spacial score (nSPS) is 15.7. The number of guanidine groups is 1. The Balaban J connectivity index is 0.00000480. The zero-order chi connectivity index (χ0) is 22.1. The van der Waals surface area contributed by atoms with Crippen LogP contribution in [0.4, 0.5) is 0 Å². The summed E-state index contributed by atoms with van der Waals surface area (Å²) >= 11 is 0. The first-order chi connectivity index (χ1) is 14.4. The second-order valence-corrected chi connectivity index (χ2v) is 9.24. The van der Waals surface area contributed by atoms with Crippen LogP contribution < -0.4 is 24.8 Å². The molecule has 31 heavy (non-hydrogen) atoms. The summed E-state index contributed by atoms with van der Waals surface area (Å²) in [6.45, 7) is 3.37. The topological polar surface area (TPSA) is 101 Å². The van der Waals surface area contributed by atoms with Crippen LogP contribution in [0.2, 0.25) is 0 Å². The monoisotopic (exact) mass is 570 g/mol. The van der Waals surface area contributed by atoms with Crippen molar-refractivity contribution in [2.75, 3.05) is 53.8 Å². The molecule has 1 fully saturated rings. The average molecular weight is 570 g/mol.